The van der Waals surface area contributed by atoms with Crippen LogP contribution < -0.4 is 0 Å². The molecule has 0 amide bonds. The largest absolute Gasteiger partial charge is 0.381 e. The van der Waals surface area contributed by atoms with Crippen molar-refractivity contribution in [1.82, 2.24) is 15.0 Å². The first-order valence-electron chi connectivity index (χ1n) is 11.7. The van der Waals surface area contributed by atoms with Crippen molar-refractivity contribution in [1.29, 1.82) is 0 Å². The summed E-state index contributed by atoms with van der Waals surface area (Å²) in [4.78, 5) is 12.7. The molecular weight excluding hydrogens is 358 g/mol. The zero-order valence-electron chi connectivity index (χ0n) is 18.1. The topological polar surface area (TPSA) is 50.8 Å². The van der Waals surface area contributed by atoms with Crippen LogP contribution >= 0.6 is 0 Å². The van der Waals surface area contributed by atoms with E-state index in [1.54, 1.807) is 6.33 Å². The Bertz CT molecular complexity index is 842. The second-order valence-corrected chi connectivity index (χ2v) is 8.10. The smallest absolute Gasteiger partial charge is 0.0995 e. The third-order valence-electron chi connectivity index (χ3n) is 5.69. The molecular formula is C25H37N3O. The molecule has 0 aliphatic rings. The number of nitrogens with zero attached hydrogens (tertiary/aromatic N) is 2. The summed E-state index contributed by atoms with van der Waals surface area (Å²) in [6, 6.07) is 8.29. The highest BCUT2D eigenvalue weighted by atomic mass is 16.5. The van der Waals surface area contributed by atoms with Crippen molar-refractivity contribution in [3.05, 3.63) is 36.3 Å². The maximum absolute atomic E-state index is 5.72. The zero-order chi connectivity index (χ0) is 20.2. The minimum atomic E-state index is 0.944. The summed E-state index contributed by atoms with van der Waals surface area (Å²) in [5, 5.41) is 1.14. The summed E-state index contributed by atoms with van der Waals surface area (Å²) < 4.78 is 5.72. The molecule has 0 aliphatic carbocycles. The van der Waals surface area contributed by atoms with Gasteiger partial charge < -0.3 is 9.72 Å². The number of hydrogen-bond donors (Lipinski definition) is 1. The number of fused-ring (bicyclic) bond motifs is 3. The van der Waals surface area contributed by atoms with Crippen LogP contribution in [0.2, 0.25) is 0 Å². The van der Waals surface area contributed by atoms with E-state index in [2.05, 4.69) is 41.2 Å². The molecule has 2 heterocycles. The molecule has 4 nitrogen and oxygen atoms in total. The highest BCUT2D eigenvalue weighted by molar-refractivity contribution is 6.02. The molecule has 1 N–H and O–H groups in total. The molecule has 0 spiro atoms. The molecule has 0 fully saturated rings. The summed E-state index contributed by atoms with van der Waals surface area (Å²) in [5.74, 6) is 0. The molecule has 2 aromatic heterocycles. The number of imidazole rings is 1. The fourth-order valence-corrected chi connectivity index (χ4v) is 3.99. The lowest BCUT2D eigenvalue weighted by Gasteiger charge is -2.06. The molecule has 3 rings (SSSR count). The molecule has 0 radical (unpaired) electrons. The number of aromatic nitrogens is 3. The van der Waals surface area contributed by atoms with E-state index in [1.165, 1.54) is 70.6 Å². The lowest BCUT2D eigenvalue weighted by Crippen LogP contribution is -1.97. The Balaban J connectivity index is 1.26. The summed E-state index contributed by atoms with van der Waals surface area (Å²) >= 11 is 0. The van der Waals surface area contributed by atoms with Gasteiger partial charge in [-0.05, 0) is 31.7 Å². The van der Waals surface area contributed by atoms with Crippen molar-refractivity contribution in [2.24, 2.45) is 0 Å². The number of nitrogens with one attached hydrogen (secondary N) is 1. The highest BCUT2D eigenvalue weighted by Crippen LogP contribution is 2.24. The van der Waals surface area contributed by atoms with E-state index in [0.717, 1.165) is 47.3 Å². The van der Waals surface area contributed by atoms with Gasteiger partial charge in [0.25, 0.3) is 0 Å². The van der Waals surface area contributed by atoms with Gasteiger partial charge in [-0.15, -0.1) is 0 Å². The third-order valence-corrected chi connectivity index (χ3v) is 5.69. The Hall–Kier alpha value is -1.94. The van der Waals surface area contributed by atoms with Crippen molar-refractivity contribution in [3.8, 4) is 0 Å². The Morgan fingerprint density at radius 2 is 1.52 bits per heavy atom. The number of benzene rings is 1. The van der Waals surface area contributed by atoms with Crippen molar-refractivity contribution in [2.45, 2.75) is 84.0 Å². The van der Waals surface area contributed by atoms with Gasteiger partial charge in [0.15, 0.2) is 0 Å². The predicted molar refractivity (Wildman–Crippen MR) is 122 cm³/mol. The number of unbranched alkanes of at least 4 members (excludes halogenated alkanes) is 9. The van der Waals surface area contributed by atoms with Gasteiger partial charge in [0, 0.05) is 18.6 Å². The maximum atomic E-state index is 5.72. The van der Waals surface area contributed by atoms with Gasteiger partial charge >= 0.3 is 0 Å². The number of ether oxygens (including phenoxy) is 1. The number of hydrogen-bond acceptors (Lipinski definition) is 3. The van der Waals surface area contributed by atoms with Crippen LogP contribution in [0.25, 0.3) is 21.9 Å². The van der Waals surface area contributed by atoms with E-state index in [1.807, 2.05) is 0 Å². The van der Waals surface area contributed by atoms with Gasteiger partial charge in [-0.2, -0.15) is 0 Å². The van der Waals surface area contributed by atoms with Crippen LogP contribution in [0.5, 0.6) is 0 Å². The molecule has 0 aliphatic heterocycles. The normalized spacial score (nSPS) is 11.6. The van der Waals surface area contributed by atoms with Crippen molar-refractivity contribution >= 4 is 21.9 Å². The van der Waals surface area contributed by atoms with Gasteiger partial charge in [-0.3, -0.25) is 4.98 Å². The second kappa shape index (κ2) is 12.6. The molecule has 4 heteroatoms. The van der Waals surface area contributed by atoms with Gasteiger partial charge in [0.05, 0.1) is 28.6 Å². The molecule has 0 unspecified atom stereocenters. The van der Waals surface area contributed by atoms with E-state index in [0.29, 0.717) is 0 Å². The Kier molecular flexibility index (Phi) is 9.44. The van der Waals surface area contributed by atoms with Crippen LogP contribution in [0, 0.1) is 0 Å². The highest BCUT2D eigenvalue weighted by Gasteiger charge is 2.09. The van der Waals surface area contributed by atoms with Crippen LogP contribution in [0.15, 0.2) is 30.6 Å². The summed E-state index contributed by atoms with van der Waals surface area (Å²) in [6.45, 7) is 4.14. The lowest BCUT2D eigenvalue weighted by atomic mass is 10.1. The number of aryl methyl sites for hydroxylation is 1. The van der Waals surface area contributed by atoms with Crippen LogP contribution in [0.4, 0.5) is 0 Å². The SMILES string of the molecule is CCCCCCOCCCCCCCCCc1nc2ccccc2c2nc[nH]c12. The molecule has 1 aromatic carbocycles. The van der Waals surface area contributed by atoms with Gasteiger partial charge in [-0.1, -0.05) is 76.5 Å². The summed E-state index contributed by atoms with van der Waals surface area (Å²) in [5.41, 5.74) is 4.37. The number of pyridine rings is 1. The number of rotatable bonds is 15. The molecule has 158 valence electrons. The standard InChI is InChI=1S/C25H37N3O/c1-2-3-4-13-18-29-19-14-9-7-5-6-8-10-17-23-25-24(26-20-27-25)21-15-11-12-16-22(21)28-23/h11-12,15-16,20H,2-10,13-14,17-19H2,1H3,(H,26,27). The van der Waals surface area contributed by atoms with Gasteiger partial charge in [0.2, 0.25) is 0 Å². The molecule has 0 saturated heterocycles. The molecule has 0 atom stereocenters. The molecule has 3 aromatic rings. The first-order valence-corrected chi connectivity index (χ1v) is 11.7. The van der Waals surface area contributed by atoms with E-state index in [-0.39, 0.29) is 0 Å². The zero-order valence-corrected chi connectivity index (χ0v) is 18.1. The van der Waals surface area contributed by atoms with Crippen molar-refractivity contribution in [3.63, 3.8) is 0 Å². The van der Waals surface area contributed by atoms with E-state index in [9.17, 15) is 0 Å². The summed E-state index contributed by atoms with van der Waals surface area (Å²) in [6.07, 6.45) is 17.0. The molecule has 0 saturated carbocycles. The minimum absolute atomic E-state index is 0.944. The van der Waals surface area contributed by atoms with Crippen molar-refractivity contribution in [2.75, 3.05) is 13.2 Å². The fourth-order valence-electron chi connectivity index (χ4n) is 3.99. The van der Waals surface area contributed by atoms with Gasteiger partial charge in [-0.25, -0.2) is 4.98 Å². The Morgan fingerprint density at radius 1 is 0.828 bits per heavy atom. The average molecular weight is 396 g/mol. The van der Waals surface area contributed by atoms with Crippen LogP contribution in [0.1, 0.15) is 83.2 Å². The van der Waals surface area contributed by atoms with Gasteiger partial charge in [0.1, 0.15) is 0 Å². The minimum Gasteiger partial charge on any atom is -0.381 e. The van der Waals surface area contributed by atoms with Crippen molar-refractivity contribution < 1.29 is 4.74 Å². The number of aromatic amines is 1. The monoisotopic (exact) mass is 395 g/mol. The van der Waals surface area contributed by atoms with E-state index >= 15 is 0 Å². The van der Waals surface area contributed by atoms with E-state index in [4.69, 9.17) is 9.72 Å². The second-order valence-electron chi connectivity index (χ2n) is 8.10. The van der Waals surface area contributed by atoms with E-state index < -0.39 is 0 Å². The molecule has 0 bridgehead atoms. The lowest BCUT2D eigenvalue weighted by molar-refractivity contribution is 0.125. The predicted octanol–water partition coefficient (Wildman–Crippen LogP) is 6.98. The number of H-pyrrole nitrogens is 1. The Morgan fingerprint density at radius 3 is 2.31 bits per heavy atom. The van der Waals surface area contributed by atoms with Crippen LogP contribution in [0.3, 0.4) is 0 Å². The first kappa shape index (κ1) is 21.8. The average Bonchev–Trinajstić information content (AvgIpc) is 3.24. The Labute approximate surface area is 175 Å². The first-order chi connectivity index (χ1) is 14.4. The maximum Gasteiger partial charge on any atom is 0.0995 e. The third kappa shape index (κ3) is 6.81. The fraction of sp³-hybridized carbons (Fsp3) is 0.600. The van der Waals surface area contributed by atoms with Crippen LogP contribution in [-0.4, -0.2) is 28.2 Å². The van der Waals surface area contributed by atoms with Crippen LogP contribution in [-0.2, 0) is 11.2 Å². The summed E-state index contributed by atoms with van der Waals surface area (Å²) in [7, 11) is 0. The molecule has 29 heavy (non-hydrogen) atoms. The quantitative estimate of drug-likeness (QED) is 0.282. The number of para-hydroxylation sites is 1.